The van der Waals surface area contributed by atoms with Gasteiger partial charge in [0.25, 0.3) is 5.91 Å². The van der Waals surface area contributed by atoms with Crippen LogP contribution in [-0.2, 0) is 11.2 Å². The highest BCUT2D eigenvalue weighted by atomic mass is 35.5. The van der Waals surface area contributed by atoms with Crippen molar-refractivity contribution in [3.05, 3.63) is 51.6 Å². The summed E-state index contributed by atoms with van der Waals surface area (Å²) < 4.78 is 6.93. The molecule has 2 bridgehead atoms. The molecule has 7 heteroatoms. The number of hydrogen-bond donors (Lipinski definition) is 1. The van der Waals surface area contributed by atoms with E-state index in [4.69, 9.17) is 33.3 Å². The molecule has 3 atom stereocenters. The lowest BCUT2D eigenvalue weighted by Crippen LogP contribution is -2.41. The average Bonchev–Trinajstić information content (AvgIpc) is 3.56. The summed E-state index contributed by atoms with van der Waals surface area (Å²) in [5, 5.41) is 9.75. The van der Waals surface area contributed by atoms with Gasteiger partial charge in [0.05, 0.1) is 4.91 Å². The number of aliphatic hydroxyl groups is 1. The Morgan fingerprint density at radius 1 is 1.21 bits per heavy atom. The summed E-state index contributed by atoms with van der Waals surface area (Å²) in [6.07, 6.45) is 10.2. The van der Waals surface area contributed by atoms with E-state index in [0.717, 1.165) is 54.9 Å². The number of hydrogen-bond acceptors (Lipinski definition) is 5. The number of thioether (sulfide) groups is 1. The molecule has 1 amide bonds. The molecule has 2 aromatic rings. The number of thiocarbonyl (C=S) groups is 1. The summed E-state index contributed by atoms with van der Waals surface area (Å²) >= 11 is 13.2. The molecule has 3 unspecified atom stereocenters. The van der Waals surface area contributed by atoms with E-state index in [1.807, 2.05) is 41.3 Å². The third-order valence-electron chi connectivity index (χ3n) is 7.17. The maximum Gasteiger partial charge on any atom is 0.266 e. The first-order chi connectivity index (χ1) is 16.0. The molecule has 1 aliphatic heterocycles. The largest absolute Gasteiger partial charge is 0.456 e. The van der Waals surface area contributed by atoms with Crippen LogP contribution >= 0.6 is 35.6 Å². The van der Waals surface area contributed by atoms with Crippen LogP contribution in [0.4, 0.5) is 0 Å². The van der Waals surface area contributed by atoms with E-state index in [-0.39, 0.29) is 18.6 Å². The van der Waals surface area contributed by atoms with Gasteiger partial charge in [-0.2, -0.15) is 0 Å². The Kier molecular flexibility index (Phi) is 6.98. The van der Waals surface area contributed by atoms with Gasteiger partial charge >= 0.3 is 0 Å². The van der Waals surface area contributed by atoms with Crippen LogP contribution in [0.2, 0.25) is 5.02 Å². The van der Waals surface area contributed by atoms with Crippen LogP contribution in [0.15, 0.2) is 39.7 Å². The lowest BCUT2D eigenvalue weighted by Gasteiger charge is -2.30. The number of amides is 1. The SMILES string of the molecule is O=C1C(=Cc2oc(-c3cccc(Cl)c3)cc2CCCCCO)SC(=S)N1C1CC2CCC1C2. The van der Waals surface area contributed by atoms with E-state index in [1.54, 1.807) is 0 Å². The van der Waals surface area contributed by atoms with Crippen molar-refractivity contribution in [3.8, 4) is 11.3 Å². The van der Waals surface area contributed by atoms with Gasteiger partial charge in [-0.15, -0.1) is 0 Å². The molecule has 2 aliphatic carbocycles. The second kappa shape index (κ2) is 9.95. The third kappa shape index (κ3) is 4.81. The molecule has 2 heterocycles. The number of fused-ring (bicyclic) bond motifs is 2. The number of furan rings is 1. The standard InChI is InChI=1S/C26H28ClNO3S2/c27-20-7-4-6-18(13-20)22-14-19(5-2-1-3-10-29)23(31-22)15-24-25(30)28(26(32)33-24)21-12-16-8-9-17(21)11-16/h4,6-7,13-17,21,29H,1-3,5,8-12H2. The van der Waals surface area contributed by atoms with E-state index in [2.05, 4.69) is 0 Å². The smallest absolute Gasteiger partial charge is 0.266 e. The number of aryl methyl sites for hydroxylation is 1. The monoisotopic (exact) mass is 501 g/mol. The van der Waals surface area contributed by atoms with Gasteiger partial charge in [0, 0.05) is 29.3 Å². The van der Waals surface area contributed by atoms with Gasteiger partial charge < -0.3 is 9.52 Å². The van der Waals surface area contributed by atoms with E-state index in [0.29, 0.717) is 25.9 Å². The van der Waals surface area contributed by atoms with Crippen LogP contribution in [0.3, 0.4) is 0 Å². The van der Waals surface area contributed by atoms with E-state index < -0.39 is 0 Å². The Bertz CT molecular complexity index is 1090. The topological polar surface area (TPSA) is 53.7 Å². The van der Waals surface area contributed by atoms with Crippen molar-refractivity contribution in [2.45, 2.75) is 57.4 Å². The molecular formula is C26H28ClNO3S2. The fourth-order valence-corrected chi connectivity index (χ4v) is 7.09. The first kappa shape index (κ1) is 23.2. The Hall–Kier alpha value is -1.60. The summed E-state index contributed by atoms with van der Waals surface area (Å²) in [5.74, 6) is 2.82. The molecule has 33 heavy (non-hydrogen) atoms. The quantitative estimate of drug-likeness (QED) is 0.248. The molecule has 1 aromatic carbocycles. The summed E-state index contributed by atoms with van der Waals surface area (Å²) in [7, 11) is 0. The van der Waals surface area contributed by atoms with Crippen molar-refractivity contribution in [1.29, 1.82) is 0 Å². The highest BCUT2D eigenvalue weighted by Gasteiger charge is 2.48. The minimum absolute atomic E-state index is 0.0227. The summed E-state index contributed by atoms with van der Waals surface area (Å²) in [4.78, 5) is 15.9. The fourth-order valence-electron chi connectivity index (χ4n) is 5.56. The highest BCUT2D eigenvalue weighted by Crippen LogP contribution is 2.49. The lowest BCUT2D eigenvalue weighted by atomic mass is 9.94. The molecule has 0 radical (unpaired) electrons. The van der Waals surface area contributed by atoms with Crippen molar-refractivity contribution in [1.82, 2.24) is 4.90 Å². The van der Waals surface area contributed by atoms with Gasteiger partial charge in [-0.25, -0.2) is 0 Å². The third-order valence-corrected chi connectivity index (χ3v) is 8.74. The minimum Gasteiger partial charge on any atom is -0.456 e. The highest BCUT2D eigenvalue weighted by molar-refractivity contribution is 8.26. The molecular weight excluding hydrogens is 474 g/mol. The van der Waals surface area contributed by atoms with Crippen molar-refractivity contribution in [2.75, 3.05) is 6.61 Å². The maximum absolute atomic E-state index is 13.4. The predicted octanol–water partition coefficient (Wildman–Crippen LogP) is 6.69. The van der Waals surface area contributed by atoms with Crippen molar-refractivity contribution >= 4 is 51.9 Å². The van der Waals surface area contributed by atoms with E-state index in [9.17, 15) is 4.79 Å². The van der Waals surface area contributed by atoms with Crippen LogP contribution in [-0.4, -0.2) is 32.9 Å². The Balaban J connectivity index is 1.42. The normalized spacial score (nSPS) is 25.7. The molecule has 0 spiro atoms. The van der Waals surface area contributed by atoms with E-state index >= 15 is 0 Å². The van der Waals surface area contributed by atoms with Crippen LogP contribution in [0.25, 0.3) is 17.4 Å². The average molecular weight is 502 g/mol. The molecule has 2 saturated carbocycles. The first-order valence-electron chi connectivity index (χ1n) is 11.8. The summed E-state index contributed by atoms with van der Waals surface area (Å²) in [5.41, 5.74) is 1.97. The summed E-state index contributed by atoms with van der Waals surface area (Å²) in [6, 6.07) is 9.91. The molecule has 1 aromatic heterocycles. The van der Waals surface area contributed by atoms with Crippen LogP contribution in [0, 0.1) is 11.8 Å². The van der Waals surface area contributed by atoms with Crippen molar-refractivity contribution in [3.63, 3.8) is 0 Å². The Morgan fingerprint density at radius 2 is 2.09 bits per heavy atom. The zero-order valence-corrected chi connectivity index (χ0v) is 20.9. The molecule has 1 saturated heterocycles. The number of rotatable bonds is 8. The number of carbonyl (C=O) groups is 1. The zero-order chi connectivity index (χ0) is 22.9. The van der Waals surface area contributed by atoms with Gasteiger partial charge in [0.15, 0.2) is 0 Å². The van der Waals surface area contributed by atoms with Crippen LogP contribution in [0.5, 0.6) is 0 Å². The number of nitrogens with zero attached hydrogens (tertiary/aromatic N) is 1. The van der Waals surface area contributed by atoms with Crippen molar-refractivity contribution < 1.29 is 14.3 Å². The van der Waals surface area contributed by atoms with Crippen molar-refractivity contribution in [2.24, 2.45) is 11.8 Å². The number of benzene rings is 1. The first-order valence-corrected chi connectivity index (χ1v) is 13.4. The van der Waals surface area contributed by atoms with Crippen LogP contribution in [0.1, 0.15) is 56.3 Å². The van der Waals surface area contributed by atoms with Gasteiger partial charge in [-0.05, 0) is 74.1 Å². The molecule has 1 N–H and O–H groups in total. The Morgan fingerprint density at radius 3 is 2.82 bits per heavy atom. The number of halogens is 1. The molecule has 3 aliphatic rings. The van der Waals surface area contributed by atoms with Gasteiger partial charge in [0.2, 0.25) is 0 Å². The number of carbonyl (C=O) groups excluding carboxylic acids is 1. The minimum atomic E-state index is 0.0227. The second-order valence-corrected chi connectivity index (χ2v) is 11.5. The maximum atomic E-state index is 13.4. The Labute approximate surface area is 209 Å². The van der Waals surface area contributed by atoms with Gasteiger partial charge in [-0.1, -0.05) is 60.6 Å². The zero-order valence-electron chi connectivity index (χ0n) is 18.5. The van der Waals surface area contributed by atoms with Gasteiger partial charge in [-0.3, -0.25) is 9.69 Å². The number of unbranched alkanes of at least 4 members (excludes halogenated alkanes) is 2. The molecule has 174 valence electrons. The molecule has 4 nitrogen and oxygen atoms in total. The molecule has 3 fully saturated rings. The second-order valence-electron chi connectivity index (χ2n) is 9.34. The summed E-state index contributed by atoms with van der Waals surface area (Å²) in [6.45, 7) is 0.206. The number of aliphatic hydroxyl groups excluding tert-OH is 1. The lowest BCUT2D eigenvalue weighted by molar-refractivity contribution is -0.124. The van der Waals surface area contributed by atoms with Crippen LogP contribution < -0.4 is 0 Å². The van der Waals surface area contributed by atoms with E-state index in [1.165, 1.54) is 31.0 Å². The molecule has 5 rings (SSSR count). The fraction of sp³-hybridized carbons (Fsp3) is 0.462. The predicted molar refractivity (Wildman–Crippen MR) is 138 cm³/mol. The van der Waals surface area contributed by atoms with Gasteiger partial charge in [0.1, 0.15) is 15.8 Å².